The van der Waals surface area contributed by atoms with E-state index in [9.17, 15) is 17.2 Å². The van der Waals surface area contributed by atoms with Crippen LogP contribution in [0.25, 0.3) is 0 Å². The molecule has 0 aromatic heterocycles. The maximum absolute atomic E-state index is 13.6. The van der Waals surface area contributed by atoms with Gasteiger partial charge in [0.15, 0.2) is 4.90 Å². The van der Waals surface area contributed by atoms with E-state index >= 15 is 0 Å². The van der Waals surface area contributed by atoms with Crippen molar-refractivity contribution in [3.8, 4) is 0 Å². The van der Waals surface area contributed by atoms with Crippen LogP contribution < -0.4 is 5.73 Å². The third-order valence-electron chi connectivity index (χ3n) is 3.43. The second-order valence-electron chi connectivity index (χ2n) is 4.71. The largest absolute Gasteiger partial charge is 0.329 e. The molecule has 0 aliphatic heterocycles. The highest BCUT2D eigenvalue weighted by Crippen LogP contribution is 2.36. The first-order valence-corrected chi connectivity index (χ1v) is 7.45. The molecule has 1 saturated carbocycles. The van der Waals surface area contributed by atoms with Crippen LogP contribution in [0.5, 0.6) is 0 Å². The molecule has 0 spiro atoms. The van der Waals surface area contributed by atoms with Gasteiger partial charge in [-0.05, 0) is 30.9 Å². The fourth-order valence-electron chi connectivity index (χ4n) is 2.17. The van der Waals surface area contributed by atoms with Gasteiger partial charge in [0.05, 0.1) is 0 Å². The van der Waals surface area contributed by atoms with Crippen LogP contribution in [0.4, 0.5) is 8.78 Å². The van der Waals surface area contributed by atoms with Gasteiger partial charge in [0.2, 0.25) is 10.0 Å². The molecular formula is C12H17ClF2N2O2S. The van der Waals surface area contributed by atoms with Crippen molar-refractivity contribution in [3.05, 3.63) is 29.8 Å². The Labute approximate surface area is 123 Å². The third kappa shape index (κ3) is 3.11. The lowest BCUT2D eigenvalue weighted by atomic mass is 10.2. The smallest absolute Gasteiger partial charge is 0.248 e. The van der Waals surface area contributed by atoms with Crippen molar-refractivity contribution in [2.45, 2.75) is 23.8 Å². The summed E-state index contributed by atoms with van der Waals surface area (Å²) in [6, 6.07) is 2.57. The predicted octanol–water partition coefficient (Wildman–Crippen LogP) is 1.74. The molecular weight excluding hydrogens is 310 g/mol. The summed E-state index contributed by atoms with van der Waals surface area (Å²) in [5.74, 6) is -1.99. The molecule has 0 heterocycles. The van der Waals surface area contributed by atoms with E-state index in [-0.39, 0.29) is 24.9 Å². The van der Waals surface area contributed by atoms with Gasteiger partial charge in [0.25, 0.3) is 0 Å². The van der Waals surface area contributed by atoms with E-state index in [1.165, 1.54) is 7.05 Å². The number of likely N-dealkylation sites (N-methyl/N-ethyl adjacent to an activating group) is 1. The summed E-state index contributed by atoms with van der Waals surface area (Å²) < 4.78 is 52.8. The van der Waals surface area contributed by atoms with Crippen molar-refractivity contribution in [1.82, 2.24) is 4.31 Å². The number of nitrogens with zero attached hydrogens (tertiary/aromatic N) is 1. The molecule has 2 rings (SSSR count). The molecule has 8 heteroatoms. The highest BCUT2D eigenvalue weighted by molar-refractivity contribution is 7.89. The first kappa shape index (κ1) is 17.3. The monoisotopic (exact) mass is 326 g/mol. The Morgan fingerprint density at radius 2 is 1.85 bits per heavy atom. The zero-order valence-electron chi connectivity index (χ0n) is 10.9. The lowest BCUT2D eigenvalue weighted by molar-refractivity contribution is 0.337. The molecule has 114 valence electrons. The molecule has 4 nitrogen and oxygen atoms in total. The van der Waals surface area contributed by atoms with Crippen LogP contribution in [0.1, 0.15) is 12.8 Å². The molecule has 0 bridgehead atoms. The van der Waals surface area contributed by atoms with Gasteiger partial charge in [-0.25, -0.2) is 17.2 Å². The lowest BCUT2D eigenvalue weighted by Gasteiger charge is -2.26. The highest BCUT2D eigenvalue weighted by Gasteiger charge is 2.39. The normalized spacial score (nSPS) is 16.9. The maximum atomic E-state index is 13.6. The molecule has 0 saturated heterocycles. The van der Waals surface area contributed by atoms with Crippen LogP contribution in [-0.2, 0) is 10.0 Å². The first-order chi connectivity index (χ1) is 8.89. The van der Waals surface area contributed by atoms with Gasteiger partial charge in [0.1, 0.15) is 11.6 Å². The van der Waals surface area contributed by atoms with E-state index in [2.05, 4.69) is 0 Å². The van der Waals surface area contributed by atoms with Gasteiger partial charge in [-0.2, -0.15) is 4.31 Å². The van der Waals surface area contributed by atoms with Crippen molar-refractivity contribution in [2.75, 3.05) is 13.6 Å². The Morgan fingerprint density at radius 1 is 1.35 bits per heavy atom. The zero-order valence-corrected chi connectivity index (χ0v) is 12.6. The van der Waals surface area contributed by atoms with Crippen LogP contribution in [0.3, 0.4) is 0 Å². The van der Waals surface area contributed by atoms with E-state index in [0.29, 0.717) is 0 Å². The fraction of sp³-hybridized carbons (Fsp3) is 0.500. The minimum absolute atomic E-state index is 0. The van der Waals surface area contributed by atoms with Crippen LogP contribution >= 0.6 is 12.4 Å². The summed E-state index contributed by atoms with van der Waals surface area (Å²) in [5.41, 5.74) is 5.57. The summed E-state index contributed by atoms with van der Waals surface area (Å²) in [4.78, 5) is -0.906. The SMILES string of the molecule is CN(C(CN)C1CC1)S(=O)(=O)c1c(F)cccc1F.Cl. The highest BCUT2D eigenvalue weighted by atomic mass is 35.5. The van der Waals surface area contributed by atoms with Crippen molar-refractivity contribution in [1.29, 1.82) is 0 Å². The topological polar surface area (TPSA) is 63.4 Å². The molecule has 1 aromatic carbocycles. The van der Waals surface area contributed by atoms with Gasteiger partial charge < -0.3 is 5.73 Å². The summed E-state index contributed by atoms with van der Waals surface area (Å²) in [5, 5.41) is 0. The summed E-state index contributed by atoms with van der Waals surface area (Å²) in [7, 11) is -2.90. The molecule has 0 amide bonds. The molecule has 1 atom stereocenters. The molecule has 1 aliphatic rings. The average Bonchev–Trinajstić information content (AvgIpc) is 3.13. The van der Waals surface area contributed by atoms with E-state index in [1.807, 2.05) is 0 Å². The molecule has 2 N–H and O–H groups in total. The van der Waals surface area contributed by atoms with Crippen LogP contribution in [-0.4, -0.2) is 32.4 Å². The van der Waals surface area contributed by atoms with Gasteiger partial charge in [-0.3, -0.25) is 0 Å². The van der Waals surface area contributed by atoms with Crippen molar-refractivity contribution < 1.29 is 17.2 Å². The summed E-state index contributed by atoms with van der Waals surface area (Å²) in [6.45, 7) is 0.135. The van der Waals surface area contributed by atoms with Crippen molar-refractivity contribution in [2.24, 2.45) is 11.7 Å². The van der Waals surface area contributed by atoms with E-state index < -0.39 is 32.6 Å². The lowest BCUT2D eigenvalue weighted by Crippen LogP contribution is -2.43. The van der Waals surface area contributed by atoms with Crippen molar-refractivity contribution >= 4 is 22.4 Å². The Morgan fingerprint density at radius 3 is 2.25 bits per heavy atom. The molecule has 1 aromatic rings. The third-order valence-corrected chi connectivity index (χ3v) is 5.37. The number of halogens is 3. The molecule has 1 fully saturated rings. The second-order valence-corrected chi connectivity index (χ2v) is 6.65. The second kappa shape index (κ2) is 6.34. The predicted molar refractivity (Wildman–Crippen MR) is 74.1 cm³/mol. The molecule has 1 aliphatic carbocycles. The number of nitrogens with two attached hydrogens (primary N) is 1. The summed E-state index contributed by atoms with van der Waals surface area (Å²) >= 11 is 0. The van der Waals surface area contributed by atoms with Crippen molar-refractivity contribution in [3.63, 3.8) is 0 Å². The van der Waals surface area contributed by atoms with E-state index in [0.717, 1.165) is 35.3 Å². The number of hydrogen-bond acceptors (Lipinski definition) is 3. The number of sulfonamides is 1. The maximum Gasteiger partial charge on any atom is 0.248 e. The van der Waals surface area contributed by atoms with Crippen LogP contribution in [0.15, 0.2) is 23.1 Å². The van der Waals surface area contributed by atoms with Gasteiger partial charge in [-0.1, -0.05) is 6.07 Å². The van der Waals surface area contributed by atoms with Gasteiger partial charge >= 0.3 is 0 Å². The number of hydrogen-bond donors (Lipinski definition) is 1. The molecule has 20 heavy (non-hydrogen) atoms. The standard InChI is InChI=1S/C12H16F2N2O2S.ClH/c1-16(11(7-15)8-5-6-8)19(17,18)12-9(13)3-2-4-10(12)14;/h2-4,8,11H,5-7,15H2,1H3;1H. The number of rotatable bonds is 5. The minimum Gasteiger partial charge on any atom is -0.329 e. The first-order valence-electron chi connectivity index (χ1n) is 6.01. The molecule has 1 unspecified atom stereocenters. The Hall–Kier alpha value is -0.760. The summed E-state index contributed by atoms with van der Waals surface area (Å²) in [6.07, 6.45) is 1.78. The van der Waals surface area contributed by atoms with Crippen LogP contribution in [0, 0.1) is 17.6 Å². The Bertz CT molecular complexity index is 559. The average molecular weight is 327 g/mol. The zero-order chi connectivity index (χ0) is 14.2. The van der Waals surface area contributed by atoms with Gasteiger partial charge in [0, 0.05) is 19.6 Å². The molecule has 0 radical (unpaired) electrons. The minimum atomic E-state index is -4.21. The van der Waals surface area contributed by atoms with Crippen LogP contribution in [0.2, 0.25) is 0 Å². The Balaban J connectivity index is 0.00000200. The van der Waals surface area contributed by atoms with E-state index in [4.69, 9.17) is 5.73 Å². The van der Waals surface area contributed by atoms with E-state index in [1.54, 1.807) is 0 Å². The van der Waals surface area contributed by atoms with Gasteiger partial charge in [-0.15, -0.1) is 12.4 Å². The Kier molecular flexibility index (Phi) is 5.48. The quantitative estimate of drug-likeness (QED) is 0.896. The number of benzene rings is 1. The fourth-order valence-corrected chi connectivity index (χ4v) is 3.70.